The lowest BCUT2D eigenvalue weighted by molar-refractivity contribution is 0.216. The lowest BCUT2D eigenvalue weighted by Crippen LogP contribution is -2.47. The minimum Gasteiger partial charge on any atom is -0.495 e. The lowest BCUT2D eigenvalue weighted by Gasteiger charge is -2.33. The van der Waals surface area contributed by atoms with Gasteiger partial charge in [0, 0.05) is 44.3 Å². The fourth-order valence-corrected chi connectivity index (χ4v) is 6.59. The molecule has 1 aromatic rings. The molecule has 2 atom stereocenters. The Labute approximate surface area is 183 Å². The smallest absolute Gasteiger partial charge is 0.321 e. The molecule has 3 aliphatic rings. The van der Waals surface area contributed by atoms with Crippen LogP contribution in [0.3, 0.4) is 0 Å². The van der Waals surface area contributed by atoms with Gasteiger partial charge >= 0.3 is 6.03 Å². The maximum Gasteiger partial charge on any atom is 0.321 e. The van der Waals surface area contributed by atoms with Gasteiger partial charge in [0.1, 0.15) is 5.75 Å². The van der Waals surface area contributed by atoms with Gasteiger partial charge in [-0.15, -0.1) is 0 Å². The van der Waals surface area contributed by atoms with Crippen molar-refractivity contribution in [3.63, 3.8) is 0 Å². The quantitative estimate of drug-likeness (QED) is 0.755. The van der Waals surface area contributed by atoms with E-state index in [-0.39, 0.29) is 17.9 Å². The van der Waals surface area contributed by atoms with Crippen LogP contribution in [0.4, 0.5) is 10.5 Å². The van der Waals surface area contributed by atoms with E-state index in [0.29, 0.717) is 61.6 Å². The number of urea groups is 1. The zero-order valence-electron chi connectivity index (χ0n) is 17.4. The first kappa shape index (κ1) is 21.7. The molecule has 0 aromatic heterocycles. The summed E-state index contributed by atoms with van der Waals surface area (Å²) in [7, 11) is -1.87. The average molecular weight is 457 g/mol. The first-order valence-corrected chi connectivity index (χ1v) is 12.2. The topological polar surface area (TPSA) is 82.2 Å². The Bertz CT molecular complexity index is 890. The molecule has 3 aliphatic heterocycles. The molecule has 3 heterocycles. The molecule has 1 aromatic carbocycles. The molecule has 0 spiro atoms. The molecule has 0 aliphatic carbocycles. The predicted molar refractivity (Wildman–Crippen MR) is 116 cm³/mol. The summed E-state index contributed by atoms with van der Waals surface area (Å²) in [5.74, 6) is 1.45. The van der Waals surface area contributed by atoms with Crippen LogP contribution in [-0.4, -0.2) is 74.3 Å². The molecule has 166 valence electrons. The van der Waals surface area contributed by atoms with Gasteiger partial charge in [-0.2, -0.15) is 17.0 Å². The van der Waals surface area contributed by atoms with Gasteiger partial charge in [0.15, 0.2) is 0 Å². The second kappa shape index (κ2) is 8.53. The number of piperidine rings is 1. The van der Waals surface area contributed by atoms with Crippen LogP contribution in [0.1, 0.15) is 19.8 Å². The van der Waals surface area contributed by atoms with Crippen molar-refractivity contribution in [3.05, 3.63) is 23.2 Å². The summed E-state index contributed by atoms with van der Waals surface area (Å²) < 4.78 is 34.6. The van der Waals surface area contributed by atoms with Crippen LogP contribution < -0.4 is 10.1 Å². The number of hydrogen-bond acceptors (Lipinski definition) is 4. The summed E-state index contributed by atoms with van der Waals surface area (Å²) in [6, 6.07) is 4.85. The highest BCUT2D eigenvalue weighted by atomic mass is 35.5. The second-order valence-electron chi connectivity index (χ2n) is 8.61. The number of nitrogens with one attached hydrogen (secondary N) is 1. The van der Waals surface area contributed by atoms with Crippen molar-refractivity contribution < 1.29 is 17.9 Å². The third-order valence-electron chi connectivity index (χ3n) is 6.54. The first-order valence-electron chi connectivity index (χ1n) is 10.4. The Hall–Kier alpha value is -1.55. The minimum atomic E-state index is -3.41. The van der Waals surface area contributed by atoms with Crippen molar-refractivity contribution in [2.45, 2.75) is 19.8 Å². The van der Waals surface area contributed by atoms with Crippen molar-refractivity contribution in [1.82, 2.24) is 13.5 Å². The molecule has 10 heteroatoms. The van der Waals surface area contributed by atoms with Crippen molar-refractivity contribution in [3.8, 4) is 5.75 Å². The molecule has 0 radical (unpaired) electrons. The molecule has 1 N–H and O–H groups in total. The summed E-state index contributed by atoms with van der Waals surface area (Å²) in [6.07, 6.45) is 1.84. The highest BCUT2D eigenvalue weighted by Gasteiger charge is 2.46. The number of anilines is 1. The van der Waals surface area contributed by atoms with Crippen LogP contribution in [0, 0.1) is 17.8 Å². The van der Waals surface area contributed by atoms with Gasteiger partial charge < -0.3 is 15.0 Å². The second-order valence-corrected chi connectivity index (χ2v) is 11.0. The molecular formula is C20H29ClN4O4S. The highest BCUT2D eigenvalue weighted by molar-refractivity contribution is 7.86. The normalized spacial score (nSPS) is 26.0. The van der Waals surface area contributed by atoms with E-state index in [0.717, 1.165) is 12.8 Å². The summed E-state index contributed by atoms with van der Waals surface area (Å²) >= 11 is 6.04. The minimum absolute atomic E-state index is 0.162. The molecular weight excluding hydrogens is 428 g/mol. The van der Waals surface area contributed by atoms with E-state index in [1.54, 1.807) is 31.7 Å². The number of rotatable bonds is 4. The van der Waals surface area contributed by atoms with Crippen LogP contribution in [0.15, 0.2) is 18.2 Å². The SMILES string of the molecule is COc1ccc(Cl)cc1NC(=O)N1C[C@@H]2CN(S(=O)(=O)N3CCC(C)CC3)C[C@@H]2C1. The summed E-state index contributed by atoms with van der Waals surface area (Å²) in [5, 5.41) is 3.38. The van der Waals surface area contributed by atoms with Crippen LogP contribution in [0.5, 0.6) is 5.75 Å². The Morgan fingerprint density at radius 3 is 2.33 bits per heavy atom. The molecule has 0 unspecified atom stereocenters. The van der Waals surface area contributed by atoms with Crippen molar-refractivity contribution in [2.75, 3.05) is 51.7 Å². The fraction of sp³-hybridized carbons (Fsp3) is 0.650. The number of amides is 2. The van der Waals surface area contributed by atoms with Crippen LogP contribution in [0.2, 0.25) is 5.02 Å². The van der Waals surface area contributed by atoms with Crippen LogP contribution in [-0.2, 0) is 10.2 Å². The number of fused-ring (bicyclic) bond motifs is 1. The van der Waals surface area contributed by atoms with E-state index in [4.69, 9.17) is 16.3 Å². The molecule has 8 nitrogen and oxygen atoms in total. The zero-order valence-corrected chi connectivity index (χ0v) is 19.0. The van der Waals surface area contributed by atoms with Gasteiger partial charge in [-0.3, -0.25) is 0 Å². The molecule has 0 bridgehead atoms. The molecule has 0 saturated carbocycles. The van der Waals surface area contributed by atoms with E-state index >= 15 is 0 Å². The van der Waals surface area contributed by atoms with E-state index < -0.39 is 10.2 Å². The fourth-order valence-electron chi connectivity index (χ4n) is 4.66. The van der Waals surface area contributed by atoms with Gasteiger partial charge in [0.2, 0.25) is 0 Å². The Kier molecular flexibility index (Phi) is 6.16. The van der Waals surface area contributed by atoms with E-state index in [1.165, 1.54) is 7.11 Å². The molecule has 2 amide bonds. The number of hydrogen-bond donors (Lipinski definition) is 1. The summed E-state index contributed by atoms with van der Waals surface area (Å²) in [4.78, 5) is 14.5. The Morgan fingerprint density at radius 1 is 1.10 bits per heavy atom. The lowest BCUT2D eigenvalue weighted by atomic mass is 10.0. The van der Waals surface area contributed by atoms with Crippen LogP contribution in [0.25, 0.3) is 0 Å². The summed E-state index contributed by atoms with van der Waals surface area (Å²) in [6.45, 7) is 5.41. The van der Waals surface area contributed by atoms with Crippen molar-refractivity contribution in [1.29, 1.82) is 0 Å². The van der Waals surface area contributed by atoms with Crippen LogP contribution >= 0.6 is 11.6 Å². The van der Waals surface area contributed by atoms with Gasteiger partial charge in [0.05, 0.1) is 12.8 Å². The maximum absolute atomic E-state index is 13.0. The number of carbonyl (C=O) groups is 1. The Morgan fingerprint density at radius 2 is 1.73 bits per heavy atom. The predicted octanol–water partition coefficient (Wildman–Crippen LogP) is 2.72. The number of nitrogens with zero attached hydrogens (tertiary/aromatic N) is 3. The van der Waals surface area contributed by atoms with E-state index in [1.807, 2.05) is 0 Å². The number of likely N-dealkylation sites (tertiary alicyclic amines) is 1. The number of benzene rings is 1. The standard InChI is InChI=1S/C20H29ClN4O4S/c1-14-5-7-24(8-6-14)30(27,28)25-12-15-10-23(11-16(15)13-25)20(26)22-18-9-17(21)3-4-19(18)29-2/h3-4,9,14-16H,5-8,10-13H2,1-2H3,(H,22,26)/t15-,16+. The maximum atomic E-state index is 13.0. The van der Waals surface area contributed by atoms with Crippen molar-refractivity contribution >= 4 is 33.5 Å². The zero-order chi connectivity index (χ0) is 21.5. The molecule has 3 saturated heterocycles. The van der Waals surface area contributed by atoms with Gasteiger partial charge in [-0.1, -0.05) is 18.5 Å². The highest BCUT2D eigenvalue weighted by Crippen LogP contribution is 2.35. The number of ether oxygens (including phenoxy) is 1. The van der Waals surface area contributed by atoms with Gasteiger partial charge in [-0.05, 0) is 48.8 Å². The average Bonchev–Trinajstić information content (AvgIpc) is 3.28. The third kappa shape index (κ3) is 4.26. The van der Waals surface area contributed by atoms with Gasteiger partial charge in [-0.25, -0.2) is 4.79 Å². The first-order chi connectivity index (χ1) is 14.3. The molecule has 4 rings (SSSR count). The van der Waals surface area contributed by atoms with E-state index in [2.05, 4.69) is 12.2 Å². The third-order valence-corrected chi connectivity index (χ3v) is 8.74. The number of halogens is 1. The number of methoxy groups -OCH3 is 1. The monoisotopic (exact) mass is 456 g/mol. The van der Waals surface area contributed by atoms with Crippen molar-refractivity contribution in [2.24, 2.45) is 17.8 Å². The number of carbonyl (C=O) groups excluding carboxylic acids is 1. The van der Waals surface area contributed by atoms with E-state index in [9.17, 15) is 13.2 Å². The van der Waals surface area contributed by atoms with Gasteiger partial charge in [0.25, 0.3) is 10.2 Å². The molecule has 30 heavy (non-hydrogen) atoms. The Balaban J connectivity index is 1.35. The summed E-state index contributed by atoms with van der Waals surface area (Å²) in [5.41, 5.74) is 0.524. The largest absolute Gasteiger partial charge is 0.495 e. The molecule has 3 fully saturated rings.